The van der Waals surface area contributed by atoms with Crippen LogP contribution in [0.1, 0.15) is 70.0 Å². The summed E-state index contributed by atoms with van der Waals surface area (Å²) in [5, 5.41) is 10.1. The van der Waals surface area contributed by atoms with Crippen LogP contribution in [-0.4, -0.2) is 57.8 Å². The molecule has 0 spiro atoms. The zero-order valence-corrected chi connectivity index (χ0v) is 27.6. The number of fused-ring (bicyclic) bond motifs is 2. The van der Waals surface area contributed by atoms with Crippen molar-refractivity contribution >= 4 is 42.7 Å². The second kappa shape index (κ2) is 11.5. The molecule has 44 heavy (non-hydrogen) atoms. The Balaban J connectivity index is 1.24. The highest BCUT2D eigenvalue weighted by Gasteiger charge is 2.42. The van der Waals surface area contributed by atoms with Crippen LogP contribution in [-0.2, 0) is 19.9 Å². The maximum Gasteiger partial charge on any atom is 0.243 e. The van der Waals surface area contributed by atoms with Crippen molar-refractivity contribution in [2.24, 2.45) is 11.3 Å². The molecule has 12 heteroatoms. The van der Waals surface area contributed by atoms with Gasteiger partial charge in [0.1, 0.15) is 5.82 Å². The number of nitrogens with zero attached hydrogens (tertiary/aromatic N) is 2. The molecule has 8 nitrogen and oxygen atoms in total. The van der Waals surface area contributed by atoms with Gasteiger partial charge in [-0.15, -0.1) is 0 Å². The number of nitrogens with one attached hydrogen (secondary N) is 1. The summed E-state index contributed by atoms with van der Waals surface area (Å²) in [4.78, 5) is 2.45. The summed E-state index contributed by atoms with van der Waals surface area (Å²) in [6.45, 7) is 7.53. The molecule has 1 heterocycles. The van der Waals surface area contributed by atoms with Gasteiger partial charge in [0, 0.05) is 31.1 Å². The molecule has 4 aliphatic rings. The van der Waals surface area contributed by atoms with Gasteiger partial charge in [-0.25, -0.2) is 21.2 Å². The lowest BCUT2D eigenvalue weighted by Crippen LogP contribution is -2.48. The van der Waals surface area contributed by atoms with Crippen LogP contribution in [0.15, 0.2) is 57.8 Å². The lowest BCUT2D eigenvalue weighted by Gasteiger charge is -2.35. The van der Waals surface area contributed by atoms with Crippen molar-refractivity contribution in [3.63, 3.8) is 0 Å². The first-order valence-corrected chi connectivity index (χ1v) is 18.5. The zero-order chi connectivity index (χ0) is 31.6. The van der Waals surface area contributed by atoms with Crippen molar-refractivity contribution in [2.45, 2.75) is 69.1 Å². The number of rotatable bonds is 6. The monoisotopic (exact) mass is 663 g/mol. The number of allylic oxidation sites excluding steroid dienone is 2. The minimum Gasteiger partial charge on any atom is -0.368 e. The summed E-state index contributed by atoms with van der Waals surface area (Å²) in [5.41, 5.74) is 6.17. The van der Waals surface area contributed by atoms with Gasteiger partial charge in [0.05, 0.1) is 26.9 Å². The molecule has 238 valence electrons. The smallest absolute Gasteiger partial charge is 0.243 e. The van der Waals surface area contributed by atoms with Crippen LogP contribution >= 0.6 is 11.6 Å². The highest BCUT2D eigenvalue weighted by atomic mass is 35.5. The Bertz CT molecular complexity index is 1760. The van der Waals surface area contributed by atoms with Crippen LogP contribution in [0, 0.1) is 17.2 Å². The minimum absolute atomic E-state index is 0.110. The third-order valence-corrected chi connectivity index (χ3v) is 14.6. The first-order valence-electron chi connectivity index (χ1n) is 15.2. The number of anilines is 1. The number of hydrogen-bond donors (Lipinski definition) is 2. The molecule has 2 atom stereocenters. The number of sulfonamides is 1. The van der Waals surface area contributed by atoms with E-state index in [4.69, 9.17) is 11.6 Å². The number of hydroxylamine groups is 1. The summed E-state index contributed by atoms with van der Waals surface area (Å²) < 4.78 is 70.1. The topological polar surface area (TPSA) is 107 Å². The van der Waals surface area contributed by atoms with Crippen LogP contribution in [0.5, 0.6) is 0 Å². The number of piperazine rings is 1. The number of halogens is 2. The van der Waals surface area contributed by atoms with Crippen LogP contribution < -0.4 is 10.4 Å². The molecular weight excluding hydrogens is 625 g/mol. The van der Waals surface area contributed by atoms with E-state index in [1.165, 1.54) is 16.4 Å². The van der Waals surface area contributed by atoms with Crippen molar-refractivity contribution in [1.82, 2.24) is 9.79 Å². The maximum atomic E-state index is 13.8. The van der Waals surface area contributed by atoms with Crippen molar-refractivity contribution in [1.29, 1.82) is 0 Å². The van der Waals surface area contributed by atoms with Crippen LogP contribution in [0.2, 0.25) is 5.02 Å². The van der Waals surface area contributed by atoms with Crippen molar-refractivity contribution in [3.05, 3.63) is 74.9 Å². The van der Waals surface area contributed by atoms with Gasteiger partial charge in [-0.1, -0.05) is 38.4 Å². The minimum atomic E-state index is -3.86. The lowest BCUT2D eigenvalue weighted by atomic mass is 9.77. The molecule has 2 N–H and O–H groups in total. The van der Waals surface area contributed by atoms with E-state index in [1.54, 1.807) is 30.3 Å². The predicted octanol–water partition coefficient (Wildman–Crippen LogP) is 6.08. The predicted molar refractivity (Wildman–Crippen MR) is 170 cm³/mol. The Morgan fingerprint density at radius 1 is 1.00 bits per heavy atom. The molecule has 0 bridgehead atoms. The normalized spacial score (nSPS) is 24.7. The first kappa shape index (κ1) is 31.7. The standard InChI is InChI=1S/C32H39ClFN3O5S2/c1-20-16-25-24-6-5-23(44(41,42)37-14-12-36(13-15-37)29-7-4-21(34)17-28(29)33)18-26(24)31(35-38)27(25)19-30(20)43(39,40)22-8-10-32(2,3)11-9-22/h4-7,17-20,22,31,35,38H,8-16H2,1-3H3. The van der Waals surface area contributed by atoms with E-state index in [-0.39, 0.29) is 34.3 Å². The fourth-order valence-corrected chi connectivity index (χ4v) is 11.2. The summed E-state index contributed by atoms with van der Waals surface area (Å²) in [6.07, 6.45) is 5.22. The van der Waals surface area contributed by atoms with Gasteiger partial charge in [-0.3, -0.25) is 0 Å². The third-order valence-electron chi connectivity index (χ3n) is 9.92. The van der Waals surface area contributed by atoms with E-state index >= 15 is 0 Å². The summed E-state index contributed by atoms with van der Waals surface area (Å²) in [7, 11) is -7.40. The van der Waals surface area contributed by atoms with Gasteiger partial charge in [0.25, 0.3) is 0 Å². The van der Waals surface area contributed by atoms with Crippen LogP contribution in [0.25, 0.3) is 5.57 Å². The fraction of sp³-hybridized carbons (Fsp3) is 0.500. The molecule has 0 aromatic heterocycles. The molecule has 0 amide bonds. The second-order valence-corrected chi connectivity index (χ2v) is 17.9. The third kappa shape index (κ3) is 5.54. The molecule has 2 aromatic carbocycles. The van der Waals surface area contributed by atoms with Crippen LogP contribution in [0.4, 0.5) is 10.1 Å². The highest BCUT2D eigenvalue weighted by molar-refractivity contribution is 7.95. The first-order chi connectivity index (χ1) is 20.7. The molecule has 2 fully saturated rings. The van der Waals surface area contributed by atoms with Gasteiger partial charge in [0.2, 0.25) is 10.0 Å². The van der Waals surface area contributed by atoms with E-state index in [0.717, 1.165) is 24.0 Å². The Kier molecular flexibility index (Phi) is 8.29. The summed E-state index contributed by atoms with van der Waals surface area (Å²) in [6, 6.07) is 8.39. The number of benzene rings is 2. The van der Waals surface area contributed by atoms with E-state index in [2.05, 4.69) is 19.3 Å². The Morgan fingerprint density at radius 2 is 1.68 bits per heavy atom. The molecule has 3 aliphatic carbocycles. The molecule has 1 saturated carbocycles. The molecule has 2 unspecified atom stereocenters. The largest absolute Gasteiger partial charge is 0.368 e. The molecule has 1 aliphatic heterocycles. The van der Waals surface area contributed by atoms with Gasteiger partial charge in [-0.2, -0.15) is 9.79 Å². The number of sulfone groups is 1. The molecule has 2 aromatic rings. The molecule has 6 rings (SSSR count). The second-order valence-electron chi connectivity index (χ2n) is 13.3. The van der Waals surface area contributed by atoms with Crippen molar-refractivity contribution in [3.8, 4) is 0 Å². The van der Waals surface area contributed by atoms with Crippen molar-refractivity contribution < 1.29 is 26.4 Å². The van der Waals surface area contributed by atoms with Gasteiger partial charge in [-0.05, 0) is 102 Å². The Morgan fingerprint density at radius 3 is 2.32 bits per heavy atom. The number of hydrogen-bond acceptors (Lipinski definition) is 7. The maximum absolute atomic E-state index is 13.8. The highest BCUT2D eigenvalue weighted by Crippen LogP contribution is 2.50. The molecular formula is C32H39ClFN3O5S2. The molecule has 0 radical (unpaired) electrons. The average Bonchev–Trinajstić information content (AvgIpc) is 3.28. The van der Waals surface area contributed by atoms with Crippen molar-refractivity contribution in [2.75, 3.05) is 31.1 Å². The Hall–Kier alpha value is -2.28. The fourth-order valence-electron chi connectivity index (χ4n) is 7.25. The Labute approximate surface area is 264 Å². The summed E-state index contributed by atoms with van der Waals surface area (Å²) in [5.74, 6) is -0.659. The SMILES string of the molecule is CC1CC2=C(C=C1S(=O)(=O)C1CCC(C)(C)CC1)C(NO)c1cc(S(=O)(=O)N3CCN(c4ccc(F)cc4Cl)CC3)ccc12. The van der Waals surface area contributed by atoms with Gasteiger partial charge >= 0.3 is 0 Å². The average molecular weight is 664 g/mol. The van der Waals surface area contributed by atoms with Gasteiger partial charge in [0.15, 0.2) is 9.84 Å². The van der Waals surface area contributed by atoms with E-state index in [0.29, 0.717) is 54.1 Å². The lowest BCUT2D eigenvalue weighted by molar-refractivity contribution is 0.142. The van der Waals surface area contributed by atoms with E-state index < -0.39 is 37.0 Å². The van der Waals surface area contributed by atoms with E-state index in [9.17, 15) is 26.4 Å². The molecule has 1 saturated heterocycles. The van der Waals surface area contributed by atoms with Crippen LogP contribution in [0.3, 0.4) is 0 Å². The zero-order valence-electron chi connectivity index (χ0n) is 25.2. The van der Waals surface area contributed by atoms with Gasteiger partial charge < -0.3 is 10.1 Å². The quantitative estimate of drug-likeness (QED) is 0.361. The van der Waals surface area contributed by atoms with E-state index in [1.807, 2.05) is 11.8 Å². The summed E-state index contributed by atoms with van der Waals surface area (Å²) >= 11 is 6.23.